The predicted molar refractivity (Wildman–Crippen MR) is 238 cm³/mol. The number of esters is 1. The molecular weight excluding hydrogens is 753 g/mol. The number of aliphatic carboxylic acids is 1. The first-order chi connectivity index (χ1) is 27.8. The van der Waals surface area contributed by atoms with Gasteiger partial charge in [-0.2, -0.15) is 11.8 Å². The van der Waals surface area contributed by atoms with Crippen molar-refractivity contribution in [2.75, 3.05) is 31.1 Å². The summed E-state index contributed by atoms with van der Waals surface area (Å²) in [5.41, 5.74) is 5.12. The van der Waals surface area contributed by atoms with Crippen LogP contribution in [0.5, 0.6) is 0 Å². The van der Waals surface area contributed by atoms with Crippen LogP contribution in [-0.4, -0.2) is 65.0 Å². The fraction of sp³-hybridized carbons (Fsp3) is 0.784. The second kappa shape index (κ2) is 15.6. The van der Waals surface area contributed by atoms with E-state index >= 15 is 0 Å². The molecule has 0 amide bonds. The summed E-state index contributed by atoms with van der Waals surface area (Å²) in [6.07, 6.45) is 10.8. The van der Waals surface area contributed by atoms with E-state index in [0.717, 1.165) is 58.2 Å². The number of carboxylic acids is 1. The number of carbonyl (C=O) groups is 3. The summed E-state index contributed by atoms with van der Waals surface area (Å²) in [5, 5.41) is 13.5. The van der Waals surface area contributed by atoms with E-state index in [-0.39, 0.29) is 51.0 Å². The van der Waals surface area contributed by atoms with E-state index < -0.39 is 17.3 Å². The zero-order valence-electron chi connectivity index (χ0n) is 38.0. The van der Waals surface area contributed by atoms with E-state index in [4.69, 9.17) is 4.74 Å². The minimum absolute atomic E-state index is 0.0296. The van der Waals surface area contributed by atoms with Crippen molar-refractivity contribution in [3.63, 3.8) is 0 Å². The highest BCUT2D eigenvalue weighted by atomic mass is 32.2. The van der Waals surface area contributed by atoms with Crippen LogP contribution < -0.4 is 5.32 Å². The minimum Gasteiger partial charge on any atom is -0.481 e. The van der Waals surface area contributed by atoms with Crippen LogP contribution >= 0.6 is 11.8 Å². The lowest BCUT2D eigenvalue weighted by Crippen LogP contribution is -2.66. The Kier molecular flexibility index (Phi) is 11.5. The minimum atomic E-state index is -0.812. The van der Waals surface area contributed by atoms with Gasteiger partial charge >= 0.3 is 11.9 Å². The monoisotopic (exact) mass is 829 g/mol. The summed E-state index contributed by atoms with van der Waals surface area (Å²) in [4.78, 5) is 42.2. The first-order valence-corrected chi connectivity index (χ1v) is 24.7. The second-order valence-electron chi connectivity index (χ2n) is 22.9. The van der Waals surface area contributed by atoms with Crippen LogP contribution in [0, 0.1) is 68.0 Å². The first-order valence-electron chi connectivity index (χ1n) is 23.6. The average Bonchev–Trinajstić information content (AvgIpc) is 3.47. The van der Waals surface area contributed by atoms with Gasteiger partial charge in [-0.3, -0.25) is 19.3 Å². The number of nitrogens with one attached hydrogen (secondary N) is 1. The fourth-order valence-electron chi connectivity index (χ4n) is 15.5. The molecule has 1 aromatic carbocycles. The quantitative estimate of drug-likeness (QED) is 0.168. The number of Topliss-reactive ketones (excluding diaryl/α,β-unsaturated/α-hetero) is 1. The molecule has 7 aliphatic rings. The Morgan fingerprint density at radius 3 is 2.20 bits per heavy atom. The highest BCUT2D eigenvalue weighted by molar-refractivity contribution is 7.99. The topological polar surface area (TPSA) is 95.9 Å². The Balaban J connectivity index is 0.961. The summed E-state index contributed by atoms with van der Waals surface area (Å²) in [6, 6.07) is 9.23. The Labute approximate surface area is 360 Å². The smallest absolute Gasteiger partial charge is 0.309 e. The Bertz CT molecular complexity index is 1830. The number of ether oxygens (including phenoxy) is 1. The zero-order chi connectivity index (χ0) is 42.3. The van der Waals surface area contributed by atoms with Crippen molar-refractivity contribution in [2.24, 2.45) is 68.0 Å². The molecule has 8 heteroatoms. The lowest BCUT2D eigenvalue weighted by Gasteiger charge is -2.72. The second-order valence-corrected chi connectivity index (χ2v) is 24.1. The van der Waals surface area contributed by atoms with Gasteiger partial charge < -0.3 is 15.2 Å². The molecule has 6 fully saturated rings. The van der Waals surface area contributed by atoms with Gasteiger partial charge in [0.1, 0.15) is 6.10 Å². The van der Waals surface area contributed by atoms with Crippen LogP contribution in [0.2, 0.25) is 0 Å². The third kappa shape index (κ3) is 7.02. The average molecular weight is 829 g/mol. The SMILES string of the molecule is CC(C)C1=C2[C@H]3CC[C@@H]4[C@@]5(C)CC[C@H](OC(=O)[C@H]6C[C@@H](C(=O)O)C6(C)C)C(C)(C)[C@@H]5CC[C@@]4(C)[C@]3(C)CC[C@@]2(CCNCc2ccc(CN3CCSCC3)cc2)CC1=O. The zero-order valence-corrected chi connectivity index (χ0v) is 38.8. The number of nitrogens with zero attached hydrogens (tertiary/aromatic N) is 1. The van der Waals surface area contributed by atoms with E-state index in [2.05, 4.69) is 94.7 Å². The maximum absolute atomic E-state index is 14.2. The number of ketones is 1. The van der Waals surface area contributed by atoms with Crippen molar-refractivity contribution >= 4 is 29.5 Å². The number of allylic oxidation sites excluding steroid dienone is 2. The first kappa shape index (κ1) is 43.5. The summed E-state index contributed by atoms with van der Waals surface area (Å²) >= 11 is 2.06. The fourth-order valence-corrected chi connectivity index (χ4v) is 16.5. The maximum atomic E-state index is 14.2. The molecule has 1 aromatic rings. The molecule has 10 atom stereocenters. The summed E-state index contributed by atoms with van der Waals surface area (Å²) in [7, 11) is 0. The molecule has 0 bridgehead atoms. The van der Waals surface area contributed by atoms with Gasteiger partial charge in [-0.1, -0.05) is 92.2 Å². The van der Waals surface area contributed by atoms with Crippen molar-refractivity contribution in [3.05, 3.63) is 46.5 Å². The molecule has 8 rings (SSSR count). The Morgan fingerprint density at radius 2 is 1.54 bits per heavy atom. The van der Waals surface area contributed by atoms with Crippen LogP contribution in [0.25, 0.3) is 0 Å². The van der Waals surface area contributed by atoms with E-state index in [1.54, 1.807) is 5.57 Å². The molecule has 0 radical (unpaired) electrons. The lowest BCUT2D eigenvalue weighted by atomic mass is 9.33. The number of benzene rings is 1. The van der Waals surface area contributed by atoms with Crippen LogP contribution in [0.1, 0.15) is 144 Å². The third-order valence-corrected chi connectivity index (χ3v) is 20.2. The molecule has 0 aromatic heterocycles. The molecule has 7 nitrogen and oxygen atoms in total. The molecule has 326 valence electrons. The van der Waals surface area contributed by atoms with Crippen LogP contribution in [0.15, 0.2) is 35.4 Å². The van der Waals surface area contributed by atoms with Crippen molar-refractivity contribution in [1.82, 2.24) is 10.2 Å². The largest absolute Gasteiger partial charge is 0.481 e. The maximum Gasteiger partial charge on any atom is 0.309 e. The number of thioether (sulfide) groups is 1. The van der Waals surface area contributed by atoms with Gasteiger partial charge in [0.15, 0.2) is 5.78 Å². The van der Waals surface area contributed by atoms with E-state index in [0.29, 0.717) is 36.4 Å². The third-order valence-electron chi connectivity index (χ3n) is 19.3. The van der Waals surface area contributed by atoms with E-state index in [9.17, 15) is 19.5 Å². The molecule has 1 heterocycles. The Hall–Kier alpha value is -2.16. The molecule has 5 saturated carbocycles. The summed E-state index contributed by atoms with van der Waals surface area (Å²) in [6.45, 7) is 26.1. The Morgan fingerprint density at radius 1 is 0.847 bits per heavy atom. The van der Waals surface area contributed by atoms with E-state index in [1.165, 1.54) is 60.6 Å². The molecule has 2 N–H and O–H groups in total. The molecule has 1 saturated heterocycles. The van der Waals surface area contributed by atoms with Crippen molar-refractivity contribution in [1.29, 1.82) is 0 Å². The van der Waals surface area contributed by atoms with Crippen LogP contribution in [-0.2, 0) is 32.2 Å². The number of hydrogen-bond acceptors (Lipinski definition) is 7. The summed E-state index contributed by atoms with van der Waals surface area (Å²) < 4.78 is 6.46. The molecule has 0 unspecified atom stereocenters. The van der Waals surface area contributed by atoms with Crippen LogP contribution in [0.4, 0.5) is 0 Å². The van der Waals surface area contributed by atoms with Gasteiger partial charge in [0.05, 0.1) is 11.8 Å². The van der Waals surface area contributed by atoms with Crippen molar-refractivity contribution < 1.29 is 24.2 Å². The number of rotatable bonds is 11. The van der Waals surface area contributed by atoms with Gasteiger partial charge in [0, 0.05) is 54.9 Å². The van der Waals surface area contributed by atoms with E-state index in [1.807, 2.05) is 13.8 Å². The van der Waals surface area contributed by atoms with Gasteiger partial charge in [-0.05, 0) is 133 Å². The van der Waals surface area contributed by atoms with Gasteiger partial charge in [0.25, 0.3) is 0 Å². The van der Waals surface area contributed by atoms with Crippen molar-refractivity contribution in [2.45, 2.75) is 152 Å². The molecule has 6 aliphatic carbocycles. The van der Waals surface area contributed by atoms with Gasteiger partial charge in [-0.25, -0.2) is 0 Å². The van der Waals surface area contributed by atoms with Crippen LogP contribution in [0.3, 0.4) is 0 Å². The normalized spacial score (nSPS) is 40.1. The molecule has 1 aliphatic heterocycles. The lowest BCUT2D eigenvalue weighted by molar-refractivity contribution is -0.236. The predicted octanol–water partition coefficient (Wildman–Crippen LogP) is 10.4. The highest BCUT2D eigenvalue weighted by Gasteiger charge is 2.70. The highest BCUT2D eigenvalue weighted by Crippen LogP contribution is 2.77. The number of hydrogen-bond donors (Lipinski definition) is 2. The molecule has 0 spiro atoms. The van der Waals surface area contributed by atoms with Gasteiger partial charge in [0.2, 0.25) is 0 Å². The standard InChI is InChI=1S/C51H76N2O5S/c1-32(2)42-38(54)29-51(22-23-52-30-33-10-12-34(13-11-33)31-53-24-26-59-27-25-53)21-20-49(8)35(43(42)51)14-15-40-48(7)18-17-41(47(5,6)39(48)16-19-50(40,49)9)58-45(57)37-28-36(44(55)56)46(37,3)4/h10-13,32,35-37,39-41,52H,14-31H2,1-9H3,(H,55,56)/t35-,36+,37-,39+,40-,41+,48+,49-,50-,51-/m1/s1. The number of fused-ring (bicyclic) bond motifs is 7. The number of carboxylic acid groups (broad SMARTS) is 1. The van der Waals surface area contributed by atoms with Crippen molar-refractivity contribution in [3.8, 4) is 0 Å². The summed E-state index contributed by atoms with van der Waals surface area (Å²) in [5.74, 6) is 2.76. The molecular formula is C51H76N2O5S. The van der Waals surface area contributed by atoms with Gasteiger partial charge in [-0.15, -0.1) is 0 Å². The number of carbonyl (C=O) groups excluding carboxylic acids is 2. The molecule has 59 heavy (non-hydrogen) atoms.